The number of amides is 1. The van der Waals surface area contributed by atoms with Crippen LogP contribution in [0.3, 0.4) is 0 Å². The van der Waals surface area contributed by atoms with Gasteiger partial charge in [-0.2, -0.15) is 13.2 Å². The first-order valence-corrected chi connectivity index (χ1v) is 10.0. The molecule has 2 heterocycles. The Balaban J connectivity index is 1.79. The van der Waals surface area contributed by atoms with Gasteiger partial charge in [0.1, 0.15) is 29.7 Å². The van der Waals surface area contributed by atoms with E-state index in [4.69, 9.17) is 10.5 Å². The Bertz CT molecular complexity index is 1050. The summed E-state index contributed by atoms with van der Waals surface area (Å²) in [5.41, 5.74) is 4.72. The molecular formula is C22H24F4N4O3. The molecule has 0 spiro atoms. The molecule has 33 heavy (non-hydrogen) atoms. The number of carbonyl (C=O) groups excluding carboxylic acids is 1. The average molecular weight is 468 g/mol. The van der Waals surface area contributed by atoms with Crippen molar-refractivity contribution < 1.29 is 31.8 Å². The lowest BCUT2D eigenvalue weighted by Crippen LogP contribution is -2.33. The molecule has 0 unspecified atom stereocenters. The monoisotopic (exact) mass is 468 g/mol. The third-order valence-electron chi connectivity index (χ3n) is 4.95. The van der Waals surface area contributed by atoms with Gasteiger partial charge < -0.3 is 20.5 Å². The molecule has 1 atom stereocenters. The van der Waals surface area contributed by atoms with Crippen LogP contribution >= 0.6 is 0 Å². The normalized spacial score (nSPS) is 20.5. The van der Waals surface area contributed by atoms with Crippen molar-refractivity contribution in [2.45, 2.75) is 44.5 Å². The maximum Gasteiger partial charge on any atom is 0.422 e. The molecule has 178 valence electrons. The largest absolute Gasteiger partial charge is 0.483 e. The van der Waals surface area contributed by atoms with Crippen LogP contribution in [0.15, 0.2) is 41.5 Å². The Kier molecular flexibility index (Phi) is 6.64. The number of halogens is 4. The van der Waals surface area contributed by atoms with Gasteiger partial charge in [-0.15, -0.1) is 0 Å². The summed E-state index contributed by atoms with van der Waals surface area (Å²) in [6.45, 7) is 4.11. The van der Waals surface area contributed by atoms with Crippen LogP contribution in [0.5, 0.6) is 5.75 Å². The zero-order chi connectivity index (χ0) is 24.4. The highest BCUT2D eigenvalue weighted by atomic mass is 19.4. The lowest BCUT2D eigenvalue weighted by molar-refractivity contribution is -0.153. The number of rotatable bonds is 5. The maximum atomic E-state index is 14.8. The van der Waals surface area contributed by atoms with E-state index >= 15 is 0 Å². The van der Waals surface area contributed by atoms with E-state index in [2.05, 4.69) is 20.0 Å². The van der Waals surface area contributed by atoms with Crippen molar-refractivity contribution >= 4 is 17.4 Å². The molecule has 1 aromatic heterocycles. The number of hydrogen-bond acceptors (Lipinski definition) is 6. The predicted octanol–water partition coefficient (Wildman–Crippen LogP) is 4.19. The molecule has 1 aliphatic rings. The number of aliphatic imine (C=N–C) groups is 1. The van der Waals surface area contributed by atoms with Crippen LogP contribution in [-0.4, -0.2) is 41.7 Å². The quantitative estimate of drug-likeness (QED) is 0.642. The Labute approximate surface area is 188 Å². The van der Waals surface area contributed by atoms with E-state index in [1.54, 1.807) is 6.92 Å². The molecule has 2 aromatic rings. The van der Waals surface area contributed by atoms with E-state index in [9.17, 15) is 22.4 Å². The molecule has 0 saturated carbocycles. The number of pyridine rings is 1. The minimum Gasteiger partial charge on any atom is -0.483 e. The Morgan fingerprint density at radius 3 is 2.61 bits per heavy atom. The van der Waals surface area contributed by atoms with E-state index in [0.29, 0.717) is 6.42 Å². The molecule has 0 saturated heterocycles. The van der Waals surface area contributed by atoms with E-state index in [1.807, 2.05) is 13.8 Å². The molecule has 0 radical (unpaired) electrons. The summed E-state index contributed by atoms with van der Waals surface area (Å²) in [7, 11) is 0. The van der Waals surface area contributed by atoms with Crippen LogP contribution in [0.1, 0.15) is 43.2 Å². The van der Waals surface area contributed by atoms with Gasteiger partial charge in [-0.3, -0.25) is 9.79 Å². The van der Waals surface area contributed by atoms with Gasteiger partial charge in [0.25, 0.3) is 5.91 Å². The fourth-order valence-electron chi connectivity index (χ4n) is 3.67. The molecule has 7 nitrogen and oxygen atoms in total. The van der Waals surface area contributed by atoms with Gasteiger partial charge in [-0.25, -0.2) is 9.37 Å². The van der Waals surface area contributed by atoms with Crippen LogP contribution in [0, 0.1) is 5.82 Å². The first-order valence-electron chi connectivity index (χ1n) is 10.0. The first-order chi connectivity index (χ1) is 15.3. The molecule has 3 N–H and O–H groups in total. The number of nitrogens with two attached hydrogens (primary N) is 1. The van der Waals surface area contributed by atoms with Crippen LogP contribution in [0.2, 0.25) is 0 Å². The summed E-state index contributed by atoms with van der Waals surface area (Å²) in [6.07, 6.45) is -3.13. The number of ether oxygens (including phenoxy) is 2. The third-order valence-corrected chi connectivity index (χ3v) is 4.95. The van der Waals surface area contributed by atoms with Gasteiger partial charge in [0.2, 0.25) is 0 Å². The second kappa shape index (κ2) is 8.97. The standard InChI is InChI=1S/C22H24F4N4O3/c1-20(2)11-21(3,30-18(27)10-33-20)15-8-13(4-6-16(15)23)29-19(31)17-7-5-14(9-28-17)32-12-22(24,25)26/h4-9H,10-12H2,1-3H3,(H2,27,30)(H,29,31)/t21-/m0/s1. The molecule has 0 fully saturated rings. The zero-order valence-electron chi connectivity index (χ0n) is 18.3. The minimum absolute atomic E-state index is 0.0577. The molecular weight excluding hydrogens is 444 g/mol. The number of hydrogen-bond donors (Lipinski definition) is 2. The average Bonchev–Trinajstić information content (AvgIpc) is 2.82. The van der Waals surface area contributed by atoms with Crippen LogP contribution in [-0.2, 0) is 10.3 Å². The van der Waals surface area contributed by atoms with Gasteiger partial charge in [-0.05, 0) is 51.1 Å². The Morgan fingerprint density at radius 1 is 1.24 bits per heavy atom. The number of anilines is 1. The number of carbonyl (C=O) groups is 1. The van der Waals surface area contributed by atoms with Crippen molar-refractivity contribution in [2.24, 2.45) is 10.7 Å². The number of aromatic nitrogens is 1. The highest BCUT2D eigenvalue weighted by Crippen LogP contribution is 2.39. The Hall–Kier alpha value is -3.21. The molecule has 0 aliphatic carbocycles. The van der Waals surface area contributed by atoms with Gasteiger partial charge in [-0.1, -0.05) is 0 Å². The van der Waals surface area contributed by atoms with Gasteiger partial charge >= 0.3 is 6.18 Å². The zero-order valence-corrected chi connectivity index (χ0v) is 18.3. The minimum atomic E-state index is -4.49. The van der Waals surface area contributed by atoms with Crippen molar-refractivity contribution in [1.82, 2.24) is 4.98 Å². The second-order valence-corrected chi connectivity index (χ2v) is 8.53. The molecule has 1 aliphatic heterocycles. The number of alkyl halides is 3. The summed E-state index contributed by atoms with van der Waals surface area (Å²) in [5.74, 6) is -1.05. The molecule has 3 rings (SSSR count). The Morgan fingerprint density at radius 2 is 1.97 bits per heavy atom. The highest BCUT2D eigenvalue weighted by Gasteiger charge is 2.39. The fraction of sp³-hybridized carbons (Fsp3) is 0.409. The van der Waals surface area contributed by atoms with E-state index < -0.39 is 35.6 Å². The lowest BCUT2D eigenvalue weighted by Gasteiger charge is -2.33. The summed E-state index contributed by atoms with van der Waals surface area (Å²) >= 11 is 0. The van der Waals surface area contributed by atoms with Crippen molar-refractivity contribution in [2.75, 3.05) is 18.5 Å². The molecule has 1 aromatic carbocycles. The molecule has 0 bridgehead atoms. The number of nitrogens with one attached hydrogen (secondary N) is 1. The van der Waals surface area contributed by atoms with E-state index in [0.717, 1.165) is 6.20 Å². The summed E-state index contributed by atoms with van der Waals surface area (Å²) < 4.78 is 61.8. The van der Waals surface area contributed by atoms with E-state index in [-0.39, 0.29) is 35.1 Å². The predicted molar refractivity (Wildman–Crippen MR) is 114 cm³/mol. The molecule has 1 amide bonds. The second-order valence-electron chi connectivity index (χ2n) is 8.53. The fourth-order valence-corrected chi connectivity index (χ4v) is 3.67. The highest BCUT2D eigenvalue weighted by molar-refractivity contribution is 6.02. The van der Waals surface area contributed by atoms with E-state index in [1.165, 1.54) is 30.3 Å². The van der Waals surface area contributed by atoms with Gasteiger partial charge in [0, 0.05) is 17.7 Å². The van der Waals surface area contributed by atoms with Crippen molar-refractivity contribution in [1.29, 1.82) is 0 Å². The summed E-state index contributed by atoms with van der Waals surface area (Å²) in [4.78, 5) is 20.8. The smallest absolute Gasteiger partial charge is 0.422 e. The van der Waals surface area contributed by atoms with Crippen molar-refractivity contribution in [3.8, 4) is 5.75 Å². The van der Waals surface area contributed by atoms with Crippen LogP contribution < -0.4 is 15.8 Å². The number of nitrogens with zero attached hydrogens (tertiary/aromatic N) is 2. The summed E-state index contributed by atoms with van der Waals surface area (Å²) in [6, 6.07) is 6.49. The van der Waals surface area contributed by atoms with Crippen LogP contribution in [0.4, 0.5) is 23.2 Å². The third kappa shape index (κ3) is 6.41. The van der Waals surface area contributed by atoms with Gasteiger partial charge in [0.15, 0.2) is 6.61 Å². The topological polar surface area (TPSA) is 98.8 Å². The van der Waals surface area contributed by atoms with Crippen molar-refractivity contribution in [3.63, 3.8) is 0 Å². The summed E-state index contributed by atoms with van der Waals surface area (Å²) in [5, 5.41) is 2.61. The van der Waals surface area contributed by atoms with Crippen LogP contribution in [0.25, 0.3) is 0 Å². The maximum absolute atomic E-state index is 14.8. The SMILES string of the molecule is CC1(C)C[C@@](C)(c2cc(NC(=O)c3ccc(OCC(F)(F)F)cn3)ccc2F)N=C(N)CO1. The van der Waals surface area contributed by atoms with Crippen molar-refractivity contribution in [3.05, 3.63) is 53.6 Å². The lowest BCUT2D eigenvalue weighted by atomic mass is 9.82. The number of amidine groups is 1. The number of benzene rings is 1. The first kappa shape index (κ1) is 24.4. The van der Waals surface area contributed by atoms with Gasteiger partial charge in [0.05, 0.1) is 17.3 Å². The molecule has 11 heteroatoms.